The van der Waals surface area contributed by atoms with Gasteiger partial charge in [0, 0.05) is 20.1 Å². The molecule has 1 aliphatic rings. The lowest BCUT2D eigenvalue weighted by molar-refractivity contribution is 0.0252. The van der Waals surface area contributed by atoms with Crippen molar-refractivity contribution >= 4 is 6.09 Å². The maximum Gasteiger partial charge on any atom is 0.410 e. The van der Waals surface area contributed by atoms with Crippen LogP contribution in [0.2, 0.25) is 0 Å². The zero-order chi connectivity index (χ0) is 17.0. The molecule has 1 N–H and O–H groups in total. The molecule has 0 aromatic carbocycles. The third-order valence-electron chi connectivity index (χ3n) is 3.82. The normalized spacial score (nSPS) is 21.7. The number of furan rings is 1. The minimum absolute atomic E-state index is 0.0527. The van der Waals surface area contributed by atoms with E-state index in [1.807, 2.05) is 32.9 Å². The van der Waals surface area contributed by atoms with Gasteiger partial charge >= 0.3 is 6.09 Å². The Labute approximate surface area is 138 Å². The first kappa shape index (κ1) is 17.8. The van der Waals surface area contributed by atoms with Gasteiger partial charge in [-0.25, -0.2) is 4.79 Å². The highest BCUT2D eigenvalue weighted by Gasteiger charge is 2.37. The van der Waals surface area contributed by atoms with Crippen LogP contribution in [0.1, 0.15) is 39.2 Å². The Balaban J connectivity index is 1.89. The molecule has 23 heavy (non-hydrogen) atoms. The Morgan fingerprint density at radius 2 is 2.04 bits per heavy atom. The van der Waals surface area contributed by atoms with Gasteiger partial charge in [0.2, 0.25) is 0 Å². The molecule has 1 aliphatic heterocycles. The van der Waals surface area contributed by atoms with Gasteiger partial charge in [-0.15, -0.1) is 0 Å². The predicted octanol–water partition coefficient (Wildman–Crippen LogP) is 2.57. The molecule has 0 saturated carbocycles. The third kappa shape index (κ3) is 4.97. The van der Waals surface area contributed by atoms with Crippen molar-refractivity contribution in [3.63, 3.8) is 0 Å². The zero-order valence-corrected chi connectivity index (χ0v) is 14.7. The number of methoxy groups -OCH3 is 1. The maximum absolute atomic E-state index is 12.2. The second kappa shape index (κ2) is 7.36. The van der Waals surface area contributed by atoms with E-state index in [4.69, 9.17) is 13.9 Å². The van der Waals surface area contributed by atoms with Crippen molar-refractivity contribution in [2.75, 3.05) is 20.2 Å². The summed E-state index contributed by atoms with van der Waals surface area (Å²) in [6.45, 7) is 9.38. The third-order valence-corrected chi connectivity index (χ3v) is 3.82. The fourth-order valence-corrected chi connectivity index (χ4v) is 2.62. The van der Waals surface area contributed by atoms with Crippen molar-refractivity contribution in [2.24, 2.45) is 0 Å². The predicted molar refractivity (Wildman–Crippen MR) is 87.3 cm³/mol. The number of hydrogen-bond acceptors (Lipinski definition) is 5. The molecule has 1 unspecified atom stereocenters. The zero-order valence-electron chi connectivity index (χ0n) is 14.7. The van der Waals surface area contributed by atoms with E-state index >= 15 is 0 Å². The highest BCUT2D eigenvalue weighted by molar-refractivity contribution is 5.68. The molecule has 1 aromatic rings. The Morgan fingerprint density at radius 3 is 2.61 bits per heavy atom. The van der Waals surface area contributed by atoms with Crippen LogP contribution in [0.5, 0.6) is 0 Å². The summed E-state index contributed by atoms with van der Waals surface area (Å²) in [6.07, 6.45) is 0.537. The van der Waals surface area contributed by atoms with Crippen LogP contribution in [0.25, 0.3) is 0 Å². The highest BCUT2D eigenvalue weighted by Crippen LogP contribution is 2.18. The largest absolute Gasteiger partial charge is 0.465 e. The first-order chi connectivity index (χ1) is 10.8. The summed E-state index contributed by atoms with van der Waals surface area (Å²) >= 11 is 0. The van der Waals surface area contributed by atoms with Crippen LogP contribution in [0.3, 0.4) is 0 Å². The number of carbonyl (C=O) groups excluding carboxylic acids is 1. The molecule has 2 atom stereocenters. The van der Waals surface area contributed by atoms with Crippen LogP contribution < -0.4 is 5.32 Å². The number of likely N-dealkylation sites (tertiary alicyclic amines) is 1. The second-order valence-corrected chi connectivity index (χ2v) is 6.87. The van der Waals surface area contributed by atoms with Crippen molar-refractivity contribution in [3.8, 4) is 0 Å². The molecule has 0 radical (unpaired) electrons. The van der Waals surface area contributed by atoms with Crippen LogP contribution in [0, 0.1) is 0 Å². The van der Waals surface area contributed by atoms with Gasteiger partial charge in [-0.05, 0) is 32.9 Å². The van der Waals surface area contributed by atoms with Crippen molar-refractivity contribution in [3.05, 3.63) is 23.7 Å². The number of aryl methyl sites for hydroxylation is 1. The summed E-state index contributed by atoms with van der Waals surface area (Å²) < 4.78 is 16.6. The van der Waals surface area contributed by atoms with Gasteiger partial charge in [0.05, 0.1) is 25.2 Å². The molecule has 6 heteroatoms. The number of hydrogen-bond donors (Lipinski definition) is 1. The van der Waals surface area contributed by atoms with Crippen LogP contribution >= 0.6 is 0 Å². The molecule has 1 amide bonds. The topological polar surface area (TPSA) is 63.9 Å². The molecule has 6 nitrogen and oxygen atoms in total. The van der Waals surface area contributed by atoms with Crippen molar-refractivity contribution in [1.82, 2.24) is 10.2 Å². The molecular weight excluding hydrogens is 296 g/mol. The Bertz CT molecular complexity index is 521. The van der Waals surface area contributed by atoms with Crippen molar-refractivity contribution in [2.45, 2.75) is 58.4 Å². The van der Waals surface area contributed by atoms with E-state index in [1.165, 1.54) is 0 Å². The molecule has 0 bridgehead atoms. The van der Waals surface area contributed by atoms with Crippen LogP contribution in [-0.2, 0) is 22.4 Å². The van der Waals surface area contributed by atoms with E-state index in [-0.39, 0.29) is 18.2 Å². The summed E-state index contributed by atoms with van der Waals surface area (Å²) in [6, 6.07) is 4.03. The minimum Gasteiger partial charge on any atom is -0.465 e. The standard InChI is InChI=1S/C17H28N2O4/c1-6-12-7-8-13(22-12)9-18-14-10-19(11-15(14)21-5)16(20)23-17(2,3)4/h7-8,14-15,18H,6,9-11H2,1-5H3/t14?,15-/m0/s1. The van der Waals surface area contributed by atoms with E-state index in [0.717, 1.165) is 17.9 Å². The summed E-state index contributed by atoms with van der Waals surface area (Å²) in [4.78, 5) is 13.9. The van der Waals surface area contributed by atoms with Gasteiger partial charge in [-0.2, -0.15) is 0 Å². The average Bonchev–Trinajstić information content (AvgIpc) is 3.09. The molecule has 0 spiro atoms. The Morgan fingerprint density at radius 1 is 1.35 bits per heavy atom. The highest BCUT2D eigenvalue weighted by atomic mass is 16.6. The van der Waals surface area contributed by atoms with E-state index in [9.17, 15) is 4.79 Å². The van der Waals surface area contributed by atoms with E-state index in [1.54, 1.807) is 12.0 Å². The molecule has 130 valence electrons. The summed E-state index contributed by atoms with van der Waals surface area (Å²) in [5.41, 5.74) is -0.490. The van der Waals surface area contributed by atoms with Gasteiger partial charge in [-0.1, -0.05) is 6.92 Å². The molecule has 1 fully saturated rings. The second-order valence-electron chi connectivity index (χ2n) is 6.87. The van der Waals surface area contributed by atoms with Gasteiger partial charge in [0.25, 0.3) is 0 Å². The Kier molecular flexibility index (Phi) is 5.70. The quantitative estimate of drug-likeness (QED) is 0.902. The fraction of sp³-hybridized carbons (Fsp3) is 0.706. The monoisotopic (exact) mass is 324 g/mol. The first-order valence-corrected chi connectivity index (χ1v) is 8.14. The van der Waals surface area contributed by atoms with E-state index in [0.29, 0.717) is 19.6 Å². The van der Waals surface area contributed by atoms with Gasteiger partial charge in [0.15, 0.2) is 0 Å². The minimum atomic E-state index is -0.490. The van der Waals surface area contributed by atoms with Gasteiger partial charge in [-0.3, -0.25) is 0 Å². The average molecular weight is 324 g/mol. The fourth-order valence-electron chi connectivity index (χ4n) is 2.62. The van der Waals surface area contributed by atoms with E-state index < -0.39 is 5.60 Å². The maximum atomic E-state index is 12.2. The molecule has 2 heterocycles. The summed E-state index contributed by atoms with van der Waals surface area (Å²) in [7, 11) is 1.67. The van der Waals surface area contributed by atoms with Crippen molar-refractivity contribution < 1.29 is 18.7 Å². The van der Waals surface area contributed by atoms with Crippen LogP contribution in [0.15, 0.2) is 16.5 Å². The summed E-state index contributed by atoms with van der Waals surface area (Å²) in [5, 5.41) is 3.42. The van der Waals surface area contributed by atoms with Gasteiger partial charge in [0.1, 0.15) is 17.1 Å². The molecule has 2 rings (SSSR count). The number of amides is 1. The lowest BCUT2D eigenvalue weighted by atomic mass is 10.2. The van der Waals surface area contributed by atoms with Crippen LogP contribution in [-0.4, -0.2) is 48.9 Å². The molecule has 0 aliphatic carbocycles. The molecule has 1 aromatic heterocycles. The van der Waals surface area contributed by atoms with E-state index in [2.05, 4.69) is 12.2 Å². The lowest BCUT2D eigenvalue weighted by Gasteiger charge is -2.24. The molecule has 1 saturated heterocycles. The Hall–Kier alpha value is -1.53. The lowest BCUT2D eigenvalue weighted by Crippen LogP contribution is -2.40. The van der Waals surface area contributed by atoms with Crippen LogP contribution in [0.4, 0.5) is 4.79 Å². The number of carbonyl (C=O) groups is 1. The number of nitrogens with one attached hydrogen (secondary N) is 1. The first-order valence-electron chi connectivity index (χ1n) is 8.14. The number of nitrogens with zero attached hydrogens (tertiary/aromatic N) is 1. The van der Waals surface area contributed by atoms with Gasteiger partial charge < -0.3 is 24.1 Å². The van der Waals surface area contributed by atoms with Crippen molar-refractivity contribution in [1.29, 1.82) is 0 Å². The number of rotatable bonds is 5. The molecular formula is C17H28N2O4. The summed E-state index contributed by atoms with van der Waals surface area (Å²) in [5.74, 6) is 1.87. The SMILES string of the molecule is CCc1ccc(CNC2CN(C(=O)OC(C)(C)C)C[C@@H]2OC)o1. The number of ether oxygens (including phenoxy) is 2. The smallest absolute Gasteiger partial charge is 0.410 e.